The Morgan fingerprint density at radius 2 is 1.49 bits per heavy atom. The van der Waals surface area contributed by atoms with Gasteiger partial charge in [-0.2, -0.15) is 0 Å². The number of amides is 6. The molecule has 4 aromatic rings. The third kappa shape index (κ3) is 14.4. The standard InChI is InChI=1S/C50H63ClN10O9S/c1-33-13-11-15-36(51)45(33)57-46(64)39-32-52-50(71-39)56-40-31-41(54-34(2)53-40)60-23-21-59(22-24-60)20-8-4-5-9-25-68-27-29-70-30-28-69-26-10-6-7-17-42(62)55-37-16-12-14-35-44(37)49(67)61(47(35)65)38-18-19-43(63)58(3)48(38)66/h11-16,31-32,38H,4-10,17-30H2,1-3H3,(H,55,62)(H,57,64)(H,52,53,54,56). The van der Waals surface area contributed by atoms with Crippen LogP contribution >= 0.6 is 22.9 Å². The molecule has 2 saturated heterocycles. The van der Waals surface area contributed by atoms with Crippen molar-refractivity contribution in [3.8, 4) is 0 Å². The average Bonchev–Trinajstić information content (AvgIpc) is 3.93. The summed E-state index contributed by atoms with van der Waals surface area (Å²) in [7, 11) is 1.34. The summed E-state index contributed by atoms with van der Waals surface area (Å²) in [4.78, 5) is 97.7. The van der Waals surface area contributed by atoms with Gasteiger partial charge in [0.1, 0.15) is 28.4 Å². The van der Waals surface area contributed by atoms with E-state index in [1.807, 2.05) is 32.0 Å². The zero-order chi connectivity index (χ0) is 50.3. The lowest BCUT2D eigenvalue weighted by Gasteiger charge is -2.35. The number of unbranched alkanes of at least 4 members (excludes halogenated alkanes) is 5. The van der Waals surface area contributed by atoms with Crippen molar-refractivity contribution in [3.05, 3.63) is 81.1 Å². The number of hydrogen-bond donors (Lipinski definition) is 3. The molecule has 2 aromatic carbocycles. The molecule has 2 fully saturated rings. The van der Waals surface area contributed by atoms with Gasteiger partial charge in [-0.15, -0.1) is 0 Å². The molecule has 5 heterocycles. The fourth-order valence-electron chi connectivity index (χ4n) is 8.63. The number of rotatable bonds is 26. The van der Waals surface area contributed by atoms with Gasteiger partial charge in [0.15, 0.2) is 5.13 Å². The van der Waals surface area contributed by atoms with Crippen LogP contribution in [0.5, 0.6) is 0 Å². The lowest BCUT2D eigenvalue weighted by Crippen LogP contribution is -2.54. The van der Waals surface area contributed by atoms with Gasteiger partial charge in [-0.05, 0) is 76.3 Å². The van der Waals surface area contributed by atoms with Gasteiger partial charge in [0.25, 0.3) is 23.6 Å². The number of ether oxygens (including phenoxy) is 3. The predicted octanol–water partition coefficient (Wildman–Crippen LogP) is 6.87. The predicted molar refractivity (Wildman–Crippen MR) is 271 cm³/mol. The highest BCUT2D eigenvalue weighted by Gasteiger charge is 2.47. The van der Waals surface area contributed by atoms with Crippen molar-refractivity contribution in [3.63, 3.8) is 0 Å². The molecule has 0 radical (unpaired) electrons. The van der Waals surface area contributed by atoms with Crippen molar-refractivity contribution in [2.24, 2.45) is 0 Å². The van der Waals surface area contributed by atoms with E-state index >= 15 is 0 Å². The molecule has 3 N–H and O–H groups in total. The summed E-state index contributed by atoms with van der Waals surface area (Å²) in [5.41, 5.74) is 1.88. The number of piperazine rings is 1. The van der Waals surface area contributed by atoms with Crippen molar-refractivity contribution in [2.75, 3.05) is 100 Å². The minimum atomic E-state index is -1.06. The second-order valence-electron chi connectivity index (χ2n) is 17.7. The van der Waals surface area contributed by atoms with Crippen molar-refractivity contribution < 1.29 is 43.0 Å². The molecule has 71 heavy (non-hydrogen) atoms. The normalized spacial score (nSPS) is 16.2. The van der Waals surface area contributed by atoms with Crippen molar-refractivity contribution in [1.29, 1.82) is 0 Å². The highest BCUT2D eigenvalue weighted by atomic mass is 35.5. The van der Waals surface area contributed by atoms with E-state index < -0.39 is 23.8 Å². The topological polar surface area (TPSA) is 218 Å². The zero-order valence-electron chi connectivity index (χ0n) is 40.6. The van der Waals surface area contributed by atoms with Crippen LogP contribution in [0.2, 0.25) is 5.02 Å². The van der Waals surface area contributed by atoms with Gasteiger partial charge in [0.2, 0.25) is 11.8 Å². The summed E-state index contributed by atoms with van der Waals surface area (Å²) >= 11 is 7.54. The molecule has 0 saturated carbocycles. The fourth-order valence-corrected chi connectivity index (χ4v) is 9.62. The van der Waals surface area contributed by atoms with Gasteiger partial charge < -0.3 is 35.1 Å². The van der Waals surface area contributed by atoms with Gasteiger partial charge in [-0.25, -0.2) is 15.0 Å². The van der Waals surface area contributed by atoms with E-state index in [4.69, 9.17) is 30.8 Å². The van der Waals surface area contributed by atoms with Gasteiger partial charge in [0, 0.05) is 65.3 Å². The molecule has 1 atom stereocenters. The lowest BCUT2D eigenvalue weighted by molar-refractivity contribution is -0.149. The lowest BCUT2D eigenvalue weighted by atomic mass is 10.0. The maximum absolute atomic E-state index is 13.4. The number of benzene rings is 2. The molecule has 2 aromatic heterocycles. The van der Waals surface area contributed by atoms with Crippen molar-refractivity contribution in [1.82, 2.24) is 29.7 Å². The summed E-state index contributed by atoms with van der Waals surface area (Å²) in [6, 6.07) is 11.0. The Bertz CT molecular complexity index is 2520. The van der Waals surface area contributed by atoms with Gasteiger partial charge in [-0.1, -0.05) is 60.4 Å². The molecule has 3 aliphatic heterocycles. The first-order chi connectivity index (χ1) is 34.4. The second kappa shape index (κ2) is 26.0. The van der Waals surface area contributed by atoms with Crippen LogP contribution in [0.15, 0.2) is 48.7 Å². The highest BCUT2D eigenvalue weighted by molar-refractivity contribution is 7.17. The number of hydrogen-bond acceptors (Lipinski definition) is 16. The van der Waals surface area contributed by atoms with E-state index in [0.717, 1.165) is 92.4 Å². The number of aromatic nitrogens is 3. The van der Waals surface area contributed by atoms with Gasteiger partial charge >= 0.3 is 0 Å². The molecule has 0 aliphatic carbocycles. The quantitative estimate of drug-likeness (QED) is 0.0432. The van der Waals surface area contributed by atoms with E-state index in [0.29, 0.717) is 78.4 Å². The molecular weight excluding hydrogens is 952 g/mol. The molecule has 3 aliphatic rings. The summed E-state index contributed by atoms with van der Waals surface area (Å²) in [6.07, 6.45) is 8.49. The number of carbonyl (C=O) groups is 6. The SMILES string of the molecule is Cc1nc(Nc2ncc(C(=O)Nc3c(C)cccc3Cl)s2)cc(N2CCN(CCCCCCOCCOCCOCCCCCC(=O)Nc3cccc4c3C(=O)N(C3CCC(=O)N(C)C3=O)C4=O)CC2)n1. The molecule has 380 valence electrons. The molecular formula is C50H63ClN10O9S. The maximum Gasteiger partial charge on any atom is 0.267 e. The van der Waals surface area contributed by atoms with Gasteiger partial charge in [-0.3, -0.25) is 43.5 Å². The second-order valence-corrected chi connectivity index (χ2v) is 19.1. The Hall–Kier alpha value is -5.90. The molecule has 19 nitrogen and oxygen atoms in total. The number of para-hydroxylation sites is 1. The number of nitrogens with zero attached hydrogens (tertiary/aromatic N) is 7. The van der Waals surface area contributed by atoms with Crippen LogP contribution in [-0.2, 0) is 28.6 Å². The third-order valence-corrected chi connectivity index (χ3v) is 13.8. The Morgan fingerprint density at radius 1 is 0.803 bits per heavy atom. The van der Waals surface area contributed by atoms with Crippen molar-refractivity contribution in [2.45, 2.75) is 84.1 Å². The van der Waals surface area contributed by atoms with Gasteiger partial charge in [0.05, 0.1) is 60.1 Å². The van der Waals surface area contributed by atoms with Crippen LogP contribution in [0.4, 0.5) is 28.1 Å². The Labute approximate surface area is 422 Å². The minimum Gasteiger partial charge on any atom is -0.379 e. The maximum atomic E-state index is 13.4. The van der Waals surface area contributed by atoms with E-state index in [2.05, 4.69) is 35.7 Å². The number of aryl methyl sites for hydroxylation is 2. The summed E-state index contributed by atoms with van der Waals surface area (Å²) in [5.74, 6) is -0.631. The molecule has 7 rings (SSSR count). The minimum absolute atomic E-state index is 0.0528. The van der Waals surface area contributed by atoms with E-state index in [1.165, 1.54) is 24.5 Å². The van der Waals surface area contributed by atoms with E-state index in [-0.39, 0.29) is 53.8 Å². The average molecular weight is 1020 g/mol. The van der Waals surface area contributed by atoms with Crippen LogP contribution in [0.1, 0.15) is 106 Å². The number of fused-ring (bicyclic) bond motifs is 1. The number of likely N-dealkylation sites (tertiary alicyclic amines) is 1. The Kier molecular flexibility index (Phi) is 19.4. The van der Waals surface area contributed by atoms with Crippen LogP contribution in [0.25, 0.3) is 0 Å². The first-order valence-corrected chi connectivity index (χ1v) is 25.5. The fraction of sp³-hybridized carbons (Fsp3) is 0.500. The first kappa shape index (κ1) is 52.9. The Balaban J connectivity index is 0.660. The number of carbonyl (C=O) groups excluding carboxylic acids is 6. The van der Waals surface area contributed by atoms with Crippen LogP contribution in [0.3, 0.4) is 0 Å². The van der Waals surface area contributed by atoms with E-state index in [1.54, 1.807) is 24.4 Å². The molecule has 0 bridgehead atoms. The zero-order valence-corrected chi connectivity index (χ0v) is 42.2. The van der Waals surface area contributed by atoms with Crippen LogP contribution in [0, 0.1) is 13.8 Å². The highest BCUT2D eigenvalue weighted by Crippen LogP contribution is 2.34. The number of anilines is 5. The van der Waals surface area contributed by atoms with Crippen molar-refractivity contribution >= 4 is 86.5 Å². The summed E-state index contributed by atoms with van der Waals surface area (Å²) in [5, 5.41) is 9.95. The number of imide groups is 2. The van der Waals surface area contributed by atoms with Crippen LogP contribution < -0.4 is 20.9 Å². The number of halogens is 1. The first-order valence-electron chi connectivity index (χ1n) is 24.3. The third-order valence-electron chi connectivity index (χ3n) is 12.5. The molecule has 1 unspecified atom stereocenters. The molecule has 0 spiro atoms. The Morgan fingerprint density at radius 3 is 2.23 bits per heavy atom. The number of nitrogens with one attached hydrogen (secondary N) is 3. The van der Waals surface area contributed by atoms with E-state index in [9.17, 15) is 28.8 Å². The summed E-state index contributed by atoms with van der Waals surface area (Å²) < 4.78 is 17.1. The summed E-state index contributed by atoms with van der Waals surface area (Å²) in [6.45, 7) is 11.8. The smallest absolute Gasteiger partial charge is 0.267 e. The largest absolute Gasteiger partial charge is 0.379 e. The monoisotopic (exact) mass is 1010 g/mol. The molecule has 6 amide bonds. The number of likely N-dealkylation sites (N-methyl/N-ethyl adjacent to an activating group) is 1. The molecule has 21 heteroatoms. The number of thiazole rings is 1. The van der Waals surface area contributed by atoms with Crippen LogP contribution in [-0.4, -0.2) is 151 Å². The number of piperidine rings is 1.